The van der Waals surface area contributed by atoms with E-state index in [9.17, 15) is 4.79 Å². The van der Waals surface area contributed by atoms with E-state index in [-0.39, 0.29) is 11.3 Å². The van der Waals surface area contributed by atoms with Crippen LogP contribution in [0.3, 0.4) is 0 Å². The summed E-state index contributed by atoms with van der Waals surface area (Å²) in [6.45, 7) is 14.5. The fraction of sp³-hybridized carbons (Fsp3) is 0.882. The van der Waals surface area contributed by atoms with Crippen LogP contribution in [0.15, 0.2) is 4.99 Å². The number of hydrogen-bond donors (Lipinski definition) is 3. The molecule has 0 aliphatic heterocycles. The highest BCUT2D eigenvalue weighted by Crippen LogP contribution is 2.24. The average molecular weight is 313 g/mol. The van der Waals surface area contributed by atoms with E-state index in [2.05, 4.69) is 36.4 Å². The first-order chi connectivity index (χ1) is 10.1. The van der Waals surface area contributed by atoms with Crippen LogP contribution in [0.25, 0.3) is 0 Å². The van der Waals surface area contributed by atoms with Gasteiger partial charge in [-0.1, -0.05) is 40.0 Å². The summed E-state index contributed by atoms with van der Waals surface area (Å²) in [6, 6.07) is 0. The lowest BCUT2D eigenvalue weighted by Crippen LogP contribution is -2.46. The topological polar surface area (TPSA) is 79.5 Å². The molecule has 0 rings (SSSR count). The molecular weight excluding hydrogens is 276 g/mol. The molecule has 1 amide bonds. The van der Waals surface area contributed by atoms with Crippen LogP contribution in [0.4, 0.5) is 0 Å². The molecule has 130 valence electrons. The maximum absolute atomic E-state index is 11.4. The fourth-order valence-corrected chi connectivity index (χ4v) is 1.96. The zero-order valence-corrected chi connectivity index (χ0v) is 15.4. The van der Waals surface area contributed by atoms with Gasteiger partial charge in [0.2, 0.25) is 5.91 Å². The van der Waals surface area contributed by atoms with Gasteiger partial charge in [0.05, 0.1) is 5.41 Å². The number of amides is 1. The van der Waals surface area contributed by atoms with E-state index in [1.165, 1.54) is 25.7 Å². The number of unbranched alkanes of at least 4 members (excludes halogenated alkanes) is 2. The summed E-state index contributed by atoms with van der Waals surface area (Å²) in [5.41, 5.74) is 5.00. The van der Waals surface area contributed by atoms with Gasteiger partial charge >= 0.3 is 0 Å². The van der Waals surface area contributed by atoms with Crippen LogP contribution < -0.4 is 16.4 Å². The van der Waals surface area contributed by atoms with Gasteiger partial charge in [0, 0.05) is 19.6 Å². The number of nitrogens with zero attached hydrogens (tertiary/aromatic N) is 1. The number of rotatable bonds is 10. The van der Waals surface area contributed by atoms with Gasteiger partial charge in [-0.15, -0.1) is 0 Å². The van der Waals surface area contributed by atoms with E-state index in [1.807, 2.05) is 20.8 Å². The number of carbonyl (C=O) groups excluding carboxylic acids is 1. The SMILES string of the molecule is CCCCCC(C)(C)CN=C(NCC)NCC(C)(C)C(N)=O. The fourth-order valence-electron chi connectivity index (χ4n) is 1.96. The smallest absolute Gasteiger partial charge is 0.224 e. The summed E-state index contributed by atoms with van der Waals surface area (Å²) in [5.74, 6) is 0.441. The van der Waals surface area contributed by atoms with Gasteiger partial charge in [0.25, 0.3) is 0 Å². The maximum atomic E-state index is 11.4. The van der Waals surface area contributed by atoms with Crippen LogP contribution in [0.2, 0.25) is 0 Å². The summed E-state index contributed by atoms with van der Waals surface area (Å²) < 4.78 is 0. The number of aliphatic imine (C=N–C) groups is 1. The first-order valence-corrected chi connectivity index (χ1v) is 8.46. The van der Waals surface area contributed by atoms with E-state index in [0.29, 0.717) is 6.54 Å². The van der Waals surface area contributed by atoms with Crippen molar-refractivity contribution < 1.29 is 4.79 Å². The molecule has 0 heterocycles. The third kappa shape index (κ3) is 8.90. The monoisotopic (exact) mass is 312 g/mol. The van der Waals surface area contributed by atoms with Gasteiger partial charge in [0.15, 0.2) is 5.96 Å². The van der Waals surface area contributed by atoms with Crippen molar-refractivity contribution in [2.24, 2.45) is 21.6 Å². The van der Waals surface area contributed by atoms with Gasteiger partial charge in [0.1, 0.15) is 0 Å². The molecule has 0 aliphatic carbocycles. The van der Waals surface area contributed by atoms with Crippen molar-refractivity contribution >= 4 is 11.9 Å². The van der Waals surface area contributed by atoms with Crippen LogP contribution in [0.1, 0.15) is 67.2 Å². The minimum atomic E-state index is -0.590. The zero-order chi connectivity index (χ0) is 17.2. The van der Waals surface area contributed by atoms with E-state index >= 15 is 0 Å². The van der Waals surface area contributed by atoms with Crippen LogP contribution in [-0.2, 0) is 4.79 Å². The Morgan fingerprint density at radius 1 is 1.09 bits per heavy atom. The first-order valence-electron chi connectivity index (χ1n) is 8.46. The lowest BCUT2D eigenvalue weighted by molar-refractivity contribution is -0.125. The van der Waals surface area contributed by atoms with Gasteiger partial charge in [-0.05, 0) is 32.6 Å². The van der Waals surface area contributed by atoms with E-state index < -0.39 is 5.41 Å². The summed E-state index contributed by atoms with van der Waals surface area (Å²) in [4.78, 5) is 16.0. The molecule has 0 saturated carbocycles. The van der Waals surface area contributed by atoms with Gasteiger partial charge in [-0.3, -0.25) is 9.79 Å². The van der Waals surface area contributed by atoms with Crippen LogP contribution >= 0.6 is 0 Å². The Kier molecular flexibility index (Phi) is 9.14. The van der Waals surface area contributed by atoms with Crippen molar-refractivity contribution in [3.63, 3.8) is 0 Å². The second kappa shape index (κ2) is 9.70. The predicted octanol–water partition coefficient (Wildman–Crippen LogP) is 2.66. The quantitative estimate of drug-likeness (QED) is 0.329. The molecule has 0 bridgehead atoms. The second-order valence-electron chi connectivity index (χ2n) is 7.42. The zero-order valence-electron chi connectivity index (χ0n) is 15.4. The van der Waals surface area contributed by atoms with Crippen LogP contribution in [-0.4, -0.2) is 31.5 Å². The summed E-state index contributed by atoms with van der Waals surface area (Å²) in [5, 5.41) is 6.44. The summed E-state index contributed by atoms with van der Waals surface area (Å²) in [7, 11) is 0. The minimum absolute atomic E-state index is 0.191. The van der Waals surface area contributed by atoms with E-state index in [4.69, 9.17) is 5.73 Å². The highest BCUT2D eigenvalue weighted by Gasteiger charge is 2.25. The molecule has 22 heavy (non-hydrogen) atoms. The Morgan fingerprint density at radius 2 is 1.73 bits per heavy atom. The van der Waals surface area contributed by atoms with Crippen molar-refractivity contribution in [3.05, 3.63) is 0 Å². The lowest BCUT2D eigenvalue weighted by atomic mass is 9.87. The molecule has 0 aliphatic rings. The van der Waals surface area contributed by atoms with Crippen molar-refractivity contribution in [1.29, 1.82) is 0 Å². The number of carbonyl (C=O) groups is 1. The molecular formula is C17H36N4O. The average Bonchev–Trinajstić information content (AvgIpc) is 2.42. The van der Waals surface area contributed by atoms with Crippen LogP contribution in [0.5, 0.6) is 0 Å². The largest absolute Gasteiger partial charge is 0.369 e. The highest BCUT2D eigenvalue weighted by molar-refractivity contribution is 5.83. The first kappa shape index (κ1) is 20.7. The Bertz CT molecular complexity index is 362. The second-order valence-corrected chi connectivity index (χ2v) is 7.42. The Hall–Kier alpha value is -1.26. The highest BCUT2D eigenvalue weighted by atomic mass is 16.1. The third-order valence-corrected chi connectivity index (χ3v) is 3.83. The molecule has 0 radical (unpaired) electrons. The Labute approximate surface area is 136 Å². The van der Waals surface area contributed by atoms with E-state index in [1.54, 1.807) is 0 Å². The van der Waals surface area contributed by atoms with Gasteiger partial charge in [-0.2, -0.15) is 0 Å². The standard InChI is InChI=1S/C17H36N4O/c1-7-9-10-11-16(3,4)12-20-15(19-8-2)21-13-17(5,6)14(18)22/h7-13H2,1-6H3,(H2,18,22)(H2,19,20,21). The normalized spacial score (nSPS) is 13.1. The molecule has 0 saturated heterocycles. The molecule has 0 fully saturated rings. The number of nitrogens with one attached hydrogen (secondary N) is 2. The molecule has 0 atom stereocenters. The van der Waals surface area contributed by atoms with Crippen molar-refractivity contribution in [3.8, 4) is 0 Å². The minimum Gasteiger partial charge on any atom is -0.369 e. The third-order valence-electron chi connectivity index (χ3n) is 3.83. The van der Waals surface area contributed by atoms with Crippen molar-refractivity contribution in [1.82, 2.24) is 10.6 Å². The maximum Gasteiger partial charge on any atom is 0.224 e. The van der Waals surface area contributed by atoms with E-state index in [0.717, 1.165) is 19.0 Å². The van der Waals surface area contributed by atoms with Gasteiger partial charge < -0.3 is 16.4 Å². The number of guanidine groups is 1. The molecule has 0 aromatic rings. The molecule has 0 aromatic carbocycles. The predicted molar refractivity (Wildman–Crippen MR) is 94.9 cm³/mol. The number of hydrogen-bond acceptors (Lipinski definition) is 2. The molecule has 0 aromatic heterocycles. The van der Waals surface area contributed by atoms with Crippen LogP contribution in [0, 0.1) is 10.8 Å². The van der Waals surface area contributed by atoms with Crippen molar-refractivity contribution in [2.45, 2.75) is 67.2 Å². The number of primary amides is 1. The molecule has 0 spiro atoms. The Balaban J connectivity index is 4.56. The van der Waals surface area contributed by atoms with Crippen molar-refractivity contribution in [2.75, 3.05) is 19.6 Å². The summed E-state index contributed by atoms with van der Waals surface area (Å²) >= 11 is 0. The molecule has 5 nitrogen and oxygen atoms in total. The number of nitrogens with two attached hydrogens (primary N) is 1. The van der Waals surface area contributed by atoms with Gasteiger partial charge in [-0.25, -0.2) is 0 Å². The molecule has 0 unspecified atom stereocenters. The molecule has 5 heteroatoms. The Morgan fingerprint density at radius 3 is 2.23 bits per heavy atom. The summed E-state index contributed by atoms with van der Waals surface area (Å²) in [6.07, 6.45) is 4.94. The lowest BCUT2D eigenvalue weighted by Gasteiger charge is -2.25. The molecule has 4 N–H and O–H groups in total.